The van der Waals surface area contributed by atoms with Crippen LogP contribution in [0.4, 0.5) is 0 Å². The molecule has 1 fully saturated rings. The standard InChI is InChI=1S/C17H18ClN3O/c1-11-2-3-12-7-21(8-13(12)6-11)17(22)15-10-20-9-14(18)4-5-16(20)19-15/h2,4-5,9-10,12-13H,3,6-8H2,1H3/t12-,13+/m1/s1. The van der Waals surface area contributed by atoms with E-state index in [1.165, 1.54) is 5.57 Å². The van der Waals surface area contributed by atoms with Gasteiger partial charge in [-0.3, -0.25) is 4.79 Å². The van der Waals surface area contributed by atoms with Crippen molar-refractivity contribution in [2.75, 3.05) is 13.1 Å². The summed E-state index contributed by atoms with van der Waals surface area (Å²) in [5.41, 5.74) is 2.71. The van der Waals surface area contributed by atoms with Crippen LogP contribution in [0.25, 0.3) is 5.65 Å². The molecule has 2 aromatic rings. The molecule has 1 amide bonds. The van der Waals surface area contributed by atoms with Crippen molar-refractivity contribution >= 4 is 23.2 Å². The molecule has 0 saturated carbocycles. The molecule has 5 heteroatoms. The molecule has 4 rings (SSSR count). The maximum Gasteiger partial charge on any atom is 0.274 e. The molecule has 1 saturated heterocycles. The Balaban J connectivity index is 1.56. The average molecular weight is 316 g/mol. The Morgan fingerprint density at radius 2 is 2.09 bits per heavy atom. The minimum Gasteiger partial charge on any atom is -0.337 e. The number of hydrogen-bond acceptors (Lipinski definition) is 2. The van der Waals surface area contributed by atoms with E-state index in [2.05, 4.69) is 18.0 Å². The molecular formula is C17H18ClN3O. The fourth-order valence-electron chi connectivity index (χ4n) is 3.68. The van der Waals surface area contributed by atoms with Gasteiger partial charge >= 0.3 is 0 Å². The molecule has 2 aliphatic rings. The smallest absolute Gasteiger partial charge is 0.274 e. The number of imidazole rings is 1. The molecule has 1 aliphatic heterocycles. The van der Waals surface area contributed by atoms with Crippen LogP contribution in [0.15, 0.2) is 36.2 Å². The Bertz CT molecular complexity index is 779. The normalized spacial score (nSPS) is 24.5. The molecule has 0 spiro atoms. The third-order valence-corrected chi connectivity index (χ3v) is 5.07. The van der Waals surface area contributed by atoms with Gasteiger partial charge in [-0.15, -0.1) is 0 Å². The number of pyridine rings is 1. The van der Waals surface area contributed by atoms with Crippen LogP contribution in [0.3, 0.4) is 0 Å². The largest absolute Gasteiger partial charge is 0.337 e. The maximum atomic E-state index is 12.7. The van der Waals surface area contributed by atoms with Crippen molar-refractivity contribution in [1.29, 1.82) is 0 Å². The first-order valence-electron chi connectivity index (χ1n) is 7.69. The number of amides is 1. The van der Waals surface area contributed by atoms with E-state index >= 15 is 0 Å². The Kier molecular flexibility index (Phi) is 3.22. The molecule has 0 radical (unpaired) electrons. The van der Waals surface area contributed by atoms with Gasteiger partial charge in [-0.25, -0.2) is 4.98 Å². The number of rotatable bonds is 1. The van der Waals surface area contributed by atoms with Crippen molar-refractivity contribution in [3.63, 3.8) is 0 Å². The van der Waals surface area contributed by atoms with E-state index in [9.17, 15) is 4.79 Å². The SMILES string of the molecule is CC1=CC[C@@H]2CN(C(=O)c3cn4cc(Cl)ccc4n3)C[C@@H]2C1. The van der Waals surface area contributed by atoms with Gasteiger partial charge in [0.2, 0.25) is 0 Å². The highest BCUT2D eigenvalue weighted by molar-refractivity contribution is 6.30. The highest BCUT2D eigenvalue weighted by atomic mass is 35.5. The second kappa shape index (κ2) is 5.13. The van der Waals surface area contributed by atoms with Gasteiger partial charge < -0.3 is 9.30 Å². The molecular weight excluding hydrogens is 298 g/mol. The van der Waals surface area contributed by atoms with Crippen LogP contribution in [0.2, 0.25) is 5.02 Å². The topological polar surface area (TPSA) is 37.6 Å². The predicted octanol–water partition coefficient (Wildman–Crippen LogP) is 3.42. The number of nitrogens with zero attached hydrogens (tertiary/aromatic N) is 3. The van der Waals surface area contributed by atoms with Crippen LogP contribution in [0.5, 0.6) is 0 Å². The zero-order valence-corrected chi connectivity index (χ0v) is 13.3. The number of halogens is 1. The molecule has 1 aliphatic carbocycles. The minimum atomic E-state index is 0.0341. The van der Waals surface area contributed by atoms with Crippen molar-refractivity contribution in [3.05, 3.63) is 46.9 Å². The summed E-state index contributed by atoms with van der Waals surface area (Å²) in [6, 6.07) is 3.62. The summed E-state index contributed by atoms with van der Waals surface area (Å²) in [6.07, 6.45) is 8.09. The van der Waals surface area contributed by atoms with E-state index in [4.69, 9.17) is 11.6 Å². The summed E-state index contributed by atoms with van der Waals surface area (Å²) in [4.78, 5) is 19.1. The third-order valence-electron chi connectivity index (χ3n) is 4.85. The highest BCUT2D eigenvalue weighted by Gasteiger charge is 2.37. The number of fused-ring (bicyclic) bond motifs is 2. The van der Waals surface area contributed by atoms with Gasteiger partial charge in [-0.05, 0) is 43.7 Å². The molecule has 0 aromatic carbocycles. The summed E-state index contributed by atoms with van der Waals surface area (Å²) in [7, 11) is 0. The van der Waals surface area contributed by atoms with Crippen molar-refractivity contribution in [2.45, 2.75) is 19.8 Å². The van der Waals surface area contributed by atoms with Gasteiger partial charge in [-0.2, -0.15) is 0 Å². The number of carbonyl (C=O) groups excluding carboxylic acids is 1. The number of hydrogen-bond donors (Lipinski definition) is 0. The Morgan fingerprint density at radius 1 is 1.27 bits per heavy atom. The molecule has 0 bridgehead atoms. The lowest BCUT2D eigenvalue weighted by Crippen LogP contribution is -2.29. The molecule has 22 heavy (non-hydrogen) atoms. The van der Waals surface area contributed by atoms with Crippen LogP contribution in [0.1, 0.15) is 30.3 Å². The first-order valence-corrected chi connectivity index (χ1v) is 8.07. The van der Waals surface area contributed by atoms with E-state index < -0.39 is 0 Å². The monoisotopic (exact) mass is 315 g/mol. The fourth-order valence-corrected chi connectivity index (χ4v) is 3.85. The Hall–Kier alpha value is -1.81. The molecule has 0 unspecified atom stereocenters. The first kappa shape index (κ1) is 13.8. The lowest BCUT2D eigenvalue weighted by molar-refractivity contribution is 0.0779. The number of carbonyl (C=O) groups is 1. The lowest BCUT2D eigenvalue weighted by atomic mass is 9.83. The quantitative estimate of drug-likeness (QED) is 0.756. The van der Waals surface area contributed by atoms with Crippen molar-refractivity contribution in [3.8, 4) is 0 Å². The summed E-state index contributed by atoms with van der Waals surface area (Å²) in [5, 5.41) is 0.637. The van der Waals surface area contributed by atoms with Gasteiger partial charge in [0.15, 0.2) is 0 Å². The van der Waals surface area contributed by atoms with Crippen LogP contribution in [-0.4, -0.2) is 33.3 Å². The summed E-state index contributed by atoms with van der Waals surface area (Å²) in [5.74, 6) is 1.26. The maximum absolute atomic E-state index is 12.7. The van der Waals surface area contributed by atoms with Gasteiger partial charge in [0.1, 0.15) is 11.3 Å². The van der Waals surface area contributed by atoms with Gasteiger partial charge in [0.25, 0.3) is 5.91 Å². The van der Waals surface area contributed by atoms with E-state index in [0.29, 0.717) is 22.6 Å². The average Bonchev–Trinajstić information content (AvgIpc) is 3.08. The molecule has 114 valence electrons. The number of allylic oxidation sites excluding steroid dienone is 2. The summed E-state index contributed by atoms with van der Waals surface area (Å²) < 4.78 is 1.81. The number of aromatic nitrogens is 2. The third kappa shape index (κ3) is 2.31. The summed E-state index contributed by atoms with van der Waals surface area (Å²) in [6.45, 7) is 3.89. The van der Waals surface area contributed by atoms with Gasteiger partial charge in [0.05, 0.1) is 5.02 Å². The highest BCUT2D eigenvalue weighted by Crippen LogP contribution is 2.36. The number of likely N-dealkylation sites (tertiary alicyclic amines) is 1. The minimum absolute atomic E-state index is 0.0341. The molecule has 0 N–H and O–H groups in total. The van der Waals surface area contributed by atoms with Crippen LogP contribution in [-0.2, 0) is 0 Å². The van der Waals surface area contributed by atoms with E-state index in [1.807, 2.05) is 15.4 Å². The second-order valence-corrected chi connectivity index (χ2v) is 6.90. The summed E-state index contributed by atoms with van der Waals surface area (Å²) >= 11 is 5.98. The van der Waals surface area contributed by atoms with E-state index in [0.717, 1.165) is 31.6 Å². The Morgan fingerprint density at radius 3 is 2.95 bits per heavy atom. The lowest BCUT2D eigenvalue weighted by Gasteiger charge is -2.21. The van der Waals surface area contributed by atoms with Crippen molar-refractivity contribution in [2.24, 2.45) is 11.8 Å². The zero-order valence-electron chi connectivity index (χ0n) is 12.5. The van der Waals surface area contributed by atoms with Crippen LogP contribution < -0.4 is 0 Å². The van der Waals surface area contributed by atoms with E-state index in [1.54, 1.807) is 18.5 Å². The van der Waals surface area contributed by atoms with Gasteiger partial charge in [-0.1, -0.05) is 23.3 Å². The van der Waals surface area contributed by atoms with Gasteiger partial charge in [0, 0.05) is 25.5 Å². The molecule has 2 aromatic heterocycles. The molecule has 2 atom stereocenters. The predicted molar refractivity (Wildman–Crippen MR) is 86.1 cm³/mol. The van der Waals surface area contributed by atoms with Crippen molar-refractivity contribution < 1.29 is 4.79 Å². The molecule has 4 nitrogen and oxygen atoms in total. The van der Waals surface area contributed by atoms with E-state index in [-0.39, 0.29) is 5.91 Å². The molecule has 3 heterocycles. The van der Waals surface area contributed by atoms with Crippen LogP contribution in [0, 0.1) is 11.8 Å². The first-order chi connectivity index (χ1) is 10.6. The van der Waals surface area contributed by atoms with Crippen LogP contribution >= 0.6 is 11.6 Å². The van der Waals surface area contributed by atoms with Crippen molar-refractivity contribution in [1.82, 2.24) is 14.3 Å². The Labute approximate surface area is 134 Å². The zero-order chi connectivity index (χ0) is 15.3. The second-order valence-electron chi connectivity index (χ2n) is 6.46. The fraction of sp³-hybridized carbons (Fsp3) is 0.412.